The standard InChI is InChI=1S/C21H32O2/c1-6-10-23-21-19(15(4)5)11-17(14(2)3)12-20(21)18-9-7-8-16(18)13-22/h11-12,14-15,22H,6-10,13H2,1-5H3. The molecular weight excluding hydrogens is 284 g/mol. The molecular formula is C21H32O2. The Balaban J connectivity index is 2.64. The molecule has 0 heterocycles. The molecule has 0 spiro atoms. The summed E-state index contributed by atoms with van der Waals surface area (Å²) in [5.41, 5.74) is 6.42. The number of aliphatic hydroxyl groups excluding tert-OH is 1. The lowest BCUT2D eigenvalue weighted by molar-refractivity contribution is 0.311. The van der Waals surface area contributed by atoms with E-state index in [0.29, 0.717) is 11.8 Å². The van der Waals surface area contributed by atoms with Crippen molar-refractivity contribution in [2.75, 3.05) is 13.2 Å². The first-order valence-electron chi connectivity index (χ1n) is 9.12. The van der Waals surface area contributed by atoms with Gasteiger partial charge in [-0.2, -0.15) is 0 Å². The summed E-state index contributed by atoms with van der Waals surface area (Å²) in [4.78, 5) is 0. The number of aliphatic hydroxyl groups is 1. The molecule has 0 unspecified atom stereocenters. The van der Waals surface area contributed by atoms with Crippen molar-refractivity contribution in [2.45, 2.75) is 72.1 Å². The van der Waals surface area contributed by atoms with Crippen molar-refractivity contribution < 1.29 is 9.84 Å². The maximum absolute atomic E-state index is 9.72. The van der Waals surface area contributed by atoms with Crippen molar-refractivity contribution in [1.82, 2.24) is 0 Å². The van der Waals surface area contributed by atoms with Gasteiger partial charge in [0.15, 0.2) is 0 Å². The average molecular weight is 316 g/mol. The first kappa shape index (κ1) is 18.1. The molecule has 1 aliphatic carbocycles. The van der Waals surface area contributed by atoms with E-state index >= 15 is 0 Å². The number of rotatable bonds is 7. The van der Waals surface area contributed by atoms with E-state index < -0.39 is 0 Å². The van der Waals surface area contributed by atoms with Crippen LogP contribution in [0.5, 0.6) is 5.75 Å². The number of benzene rings is 1. The molecule has 128 valence electrons. The van der Waals surface area contributed by atoms with Crippen LogP contribution in [0.15, 0.2) is 17.7 Å². The van der Waals surface area contributed by atoms with Gasteiger partial charge in [0.05, 0.1) is 13.2 Å². The summed E-state index contributed by atoms with van der Waals surface area (Å²) in [6, 6.07) is 4.62. The Morgan fingerprint density at radius 2 is 1.83 bits per heavy atom. The molecule has 1 aliphatic rings. The van der Waals surface area contributed by atoms with E-state index in [0.717, 1.165) is 38.0 Å². The zero-order valence-corrected chi connectivity index (χ0v) is 15.4. The third-order valence-corrected chi connectivity index (χ3v) is 4.73. The van der Waals surface area contributed by atoms with Crippen molar-refractivity contribution in [3.63, 3.8) is 0 Å². The second-order valence-electron chi connectivity index (χ2n) is 7.24. The lowest BCUT2D eigenvalue weighted by Gasteiger charge is -2.22. The van der Waals surface area contributed by atoms with Gasteiger partial charge in [0.25, 0.3) is 0 Å². The minimum atomic E-state index is 0.172. The molecule has 0 aliphatic heterocycles. The van der Waals surface area contributed by atoms with Gasteiger partial charge in [-0.1, -0.05) is 40.7 Å². The Labute approximate surface area is 141 Å². The fraction of sp³-hybridized carbons (Fsp3) is 0.619. The quantitative estimate of drug-likeness (QED) is 0.704. The number of ether oxygens (including phenoxy) is 1. The molecule has 0 bridgehead atoms. The van der Waals surface area contributed by atoms with E-state index in [1.165, 1.54) is 27.8 Å². The Morgan fingerprint density at radius 3 is 2.39 bits per heavy atom. The Kier molecular flexibility index (Phi) is 6.29. The SMILES string of the molecule is CCCOc1c(C2=C(CO)CCC2)cc(C(C)C)cc1C(C)C. The summed E-state index contributed by atoms with van der Waals surface area (Å²) in [7, 11) is 0. The van der Waals surface area contributed by atoms with E-state index in [1.807, 2.05) is 0 Å². The van der Waals surface area contributed by atoms with Crippen LogP contribution in [0.25, 0.3) is 5.57 Å². The summed E-state index contributed by atoms with van der Waals surface area (Å²) < 4.78 is 6.20. The predicted octanol–water partition coefficient (Wildman–Crippen LogP) is 5.65. The van der Waals surface area contributed by atoms with Gasteiger partial charge in [-0.25, -0.2) is 0 Å². The summed E-state index contributed by atoms with van der Waals surface area (Å²) in [5.74, 6) is 1.97. The predicted molar refractivity (Wildman–Crippen MR) is 98.3 cm³/mol. The zero-order valence-electron chi connectivity index (χ0n) is 15.4. The lowest BCUT2D eigenvalue weighted by Crippen LogP contribution is -2.06. The Bertz CT molecular complexity index is 567. The van der Waals surface area contributed by atoms with E-state index in [1.54, 1.807) is 0 Å². The smallest absolute Gasteiger partial charge is 0.130 e. The van der Waals surface area contributed by atoms with Gasteiger partial charge in [0.2, 0.25) is 0 Å². The number of hydrogen-bond donors (Lipinski definition) is 1. The maximum Gasteiger partial charge on any atom is 0.130 e. The summed E-state index contributed by atoms with van der Waals surface area (Å²) in [6.45, 7) is 12.0. The molecule has 0 saturated heterocycles. The fourth-order valence-corrected chi connectivity index (χ4v) is 3.33. The third kappa shape index (κ3) is 3.98. The van der Waals surface area contributed by atoms with Crippen LogP contribution in [0, 0.1) is 0 Å². The van der Waals surface area contributed by atoms with Crippen molar-refractivity contribution >= 4 is 5.57 Å². The van der Waals surface area contributed by atoms with Crippen molar-refractivity contribution in [3.05, 3.63) is 34.4 Å². The number of allylic oxidation sites excluding steroid dienone is 1. The van der Waals surface area contributed by atoms with Gasteiger partial charge in [-0.15, -0.1) is 0 Å². The second-order valence-corrected chi connectivity index (χ2v) is 7.24. The molecule has 0 amide bonds. The van der Waals surface area contributed by atoms with Gasteiger partial charge in [-0.05, 0) is 65.9 Å². The molecule has 0 radical (unpaired) electrons. The highest BCUT2D eigenvalue weighted by atomic mass is 16.5. The molecule has 2 nitrogen and oxygen atoms in total. The van der Waals surface area contributed by atoms with Gasteiger partial charge < -0.3 is 9.84 Å². The van der Waals surface area contributed by atoms with Crippen LogP contribution in [0.2, 0.25) is 0 Å². The zero-order chi connectivity index (χ0) is 17.0. The molecule has 0 atom stereocenters. The topological polar surface area (TPSA) is 29.5 Å². The minimum absolute atomic E-state index is 0.172. The van der Waals surface area contributed by atoms with Crippen LogP contribution < -0.4 is 4.74 Å². The van der Waals surface area contributed by atoms with Gasteiger partial charge in [0.1, 0.15) is 5.75 Å². The van der Waals surface area contributed by atoms with E-state index in [-0.39, 0.29) is 6.61 Å². The average Bonchev–Trinajstić information content (AvgIpc) is 3.00. The molecule has 0 saturated carbocycles. The second kappa shape index (κ2) is 8.01. The molecule has 0 fully saturated rings. The van der Waals surface area contributed by atoms with Crippen LogP contribution in [0.1, 0.15) is 88.8 Å². The molecule has 2 heteroatoms. The van der Waals surface area contributed by atoms with Crippen molar-refractivity contribution in [2.24, 2.45) is 0 Å². The molecule has 1 N–H and O–H groups in total. The first-order chi connectivity index (χ1) is 11.0. The van der Waals surface area contributed by atoms with Gasteiger partial charge in [-0.3, -0.25) is 0 Å². The summed E-state index contributed by atoms with van der Waals surface area (Å²) >= 11 is 0. The molecule has 1 aromatic carbocycles. The summed E-state index contributed by atoms with van der Waals surface area (Å²) in [6.07, 6.45) is 4.22. The largest absolute Gasteiger partial charge is 0.493 e. The normalized spacial score (nSPS) is 15.1. The van der Waals surface area contributed by atoms with Crippen molar-refractivity contribution in [1.29, 1.82) is 0 Å². The molecule has 2 rings (SSSR count). The van der Waals surface area contributed by atoms with Crippen LogP contribution in [0.3, 0.4) is 0 Å². The minimum Gasteiger partial charge on any atom is -0.493 e. The van der Waals surface area contributed by atoms with Gasteiger partial charge in [0, 0.05) is 5.56 Å². The van der Waals surface area contributed by atoms with Crippen LogP contribution in [-0.4, -0.2) is 18.3 Å². The first-order valence-corrected chi connectivity index (χ1v) is 9.12. The van der Waals surface area contributed by atoms with Crippen LogP contribution >= 0.6 is 0 Å². The molecule has 1 aromatic rings. The fourth-order valence-electron chi connectivity index (χ4n) is 3.33. The summed E-state index contributed by atoms with van der Waals surface area (Å²) in [5, 5.41) is 9.72. The van der Waals surface area contributed by atoms with E-state index in [4.69, 9.17) is 4.74 Å². The van der Waals surface area contributed by atoms with Crippen LogP contribution in [0.4, 0.5) is 0 Å². The maximum atomic E-state index is 9.72. The van der Waals surface area contributed by atoms with E-state index in [9.17, 15) is 5.11 Å². The van der Waals surface area contributed by atoms with Crippen LogP contribution in [-0.2, 0) is 0 Å². The highest BCUT2D eigenvalue weighted by Crippen LogP contribution is 2.43. The highest BCUT2D eigenvalue weighted by molar-refractivity contribution is 5.77. The molecule has 0 aromatic heterocycles. The van der Waals surface area contributed by atoms with Gasteiger partial charge >= 0.3 is 0 Å². The third-order valence-electron chi connectivity index (χ3n) is 4.73. The van der Waals surface area contributed by atoms with E-state index in [2.05, 4.69) is 46.8 Å². The number of hydrogen-bond acceptors (Lipinski definition) is 2. The lowest BCUT2D eigenvalue weighted by atomic mass is 9.88. The monoisotopic (exact) mass is 316 g/mol. The van der Waals surface area contributed by atoms with Crippen molar-refractivity contribution in [3.8, 4) is 5.75 Å². The molecule has 23 heavy (non-hydrogen) atoms. The highest BCUT2D eigenvalue weighted by Gasteiger charge is 2.23. The Hall–Kier alpha value is -1.28. The Morgan fingerprint density at radius 1 is 1.09 bits per heavy atom.